The lowest BCUT2D eigenvalue weighted by molar-refractivity contribution is 0.232. The van der Waals surface area contributed by atoms with Crippen molar-refractivity contribution in [2.75, 3.05) is 11.9 Å². The number of nitrogens with zero attached hydrogens (tertiary/aromatic N) is 2. The van der Waals surface area contributed by atoms with Crippen molar-refractivity contribution in [1.82, 2.24) is 9.97 Å². The van der Waals surface area contributed by atoms with Gasteiger partial charge in [-0.05, 0) is 33.6 Å². The first-order valence-electron chi connectivity index (χ1n) is 5.98. The Morgan fingerprint density at radius 2 is 2.12 bits per heavy atom. The number of rotatable bonds is 7. The Balaban J connectivity index is 2.53. The van der Waals surface area contributed by atoms with Crippen LogP contribution < -0.4 is 10.1 Å². The molecule has 0 fully saturated rings. The van der Waals surface area contributed by atoms with E-state index < -0.39 is 0 Å². The molecule has 1 atom stereocenters. The second-order valence-corrected chi connectivity index (χ2v) is 4.32. The second kappa shape index (κ2) is 7.06. The molecular weight excluding hydrogens is 218 g/mol. The molecule has 0 bridgehead atoms. The van der Waals surface area contributed by atoms with Crippen LogP contribution in [-0.2, 0) is 0 Å². The summed E-state index contributed by atoms with van der Waals surface area (Å²) >= 11 is 0. The normalized spacial score (nSPS) is 12.5. The number of hydrogen-bond acceptors (Lipinski definition) is 5. The number of anilines is 1. The van der Waals surface area contributed by atoms with Gasteiger partial charge in [0.1, 0.15) is 5.82 Å². The van der Waals surface area contributed by atoms with Gasteiger partial charge in [-0.15, -0.1) is 0 Å². The van der Waals surface area contributed by atoms with Crippen LogP contribution in [0.25, 0.3) is 0 Å². The zero-order valence-electron chi connectivity index (χ0n) is 10.7. The molecule has 2 N–H and O–H groups in total. The van der Waals surface area contributed by atoms with E-state index in [0.717, 1.165) is 12.8 Å². The van der Waals surface area contributed by atoms with Crippen LogP contribution >= 0.6 is 0 Å². The number of nitrogens with one attached hydrogen (secondary N) is 1. The van der Waals surface area contributed by atoms with E-state index in [-0.39, 0.29) is 18.8 Å². The third-order valence-electron chi connectivity index (χ3n) is 2.16. The minimum Gasteiger partial charge on any atom is -0.474 e. The van der Waals surface area contributed by atoms with E-state index >= 15 is 0 Å². The maximum Gasteiger partial charge on any atom is 0.234 e. The van der Waals surface area contributed by atoms with Gasteiger partial charge < -0.3 is 15.2 Å². The van der Waals surface area contributed by atoms with Crippen LogP contribution in [0.2, 0.25) is 0 Å². The summed E-state index contributed by atoms with van der Waals surface area (Å²) in [6.45, 7) is 6.17. The summed E-state index contributed by atoms with van der Waals surface area (Å²) in [4.78, 5) is 8.37. The monoisotopic (exact) mass is 239 g/mol. The molecular formula is C12H21N3O2. The molecule has 0 spiro atoms. The predicted octanol–water partition coefficient (Wildman–Crippen LogP) is 1.84. The highest BCUT2D eigenvalue weighted by molar-refractivity contribution is 5.34. The topological polar surface area (TPSA) is 67.3 Å². The van der Waals surface area contributed by atoms with Crippen molar-refractivity contribution in [3.05, 3.63) is 12.4 Å². The first kappa shape index (κ1) is 13.7. The summed E-state index contributed by atoms with van der Waals surface area (Å²) in [6, 6.07) is 0.255. The largest absolute Gasteiger partial charge is 0.474 e. The van der Waals surface area contributed by atoms with Crippen LogP contribution in [0, 0.1) is 0 Å². The Kier molecular flexibility index (Phi) is 5.69. The minimum absolute atomic E-state index is 0.0892. The molecule has 0 aliphatic rings. The van der Waals surface area contributed by atoms with Crippen molar-refractivity contribution in [3.8, 4) is 5.88 Å². The van der Waals surface area contributed by atoms with Gasteiger partial charge in [-0.2, -0.15) is 4.98 Å². The summed E-state index contributed by atoms with van der Waals surface area (Å²) < 4.78 is 5.46. The average molecular weight is 239 g/mol. The molecule has 0 aromatic carbocycles. The summed E-state index contributed by atoms with van der Waals surface area (Å²) in [5, 5.41) is 12.0. The van der Waals surface area contributed by atoms with Crippen LogP contribution in [0.4, 0.5) is 5.82 Å². The van der Waals surface area contributed by atoms with Crippen molar-refractivity contribution in [1.29, 1.82) is 0 Å². The van der Waals surface area contributed by atoms with E-state index in [1.165, 1.54) is 0 Å². The Labute approximate surface area is 102 Å². The number of aromatic nitrogens is 2. The molecule has 1 rings (SSSR count). The summed E-state index contributed by atoms with van der Waals surface area (Å²) in [5.74, 6) is 1.23. The molecule has 1 aromatic rings. The van der Waals surface area contributed by atoms with Crippen LogP contribution in [-0.4, -0.2) is 33.8 Å². The fraction of sp³-hybridized carbons (Fsp3) is 0.667. The van der Waals surface area contributed by atoms with Crippen molar-refractivity contribution >= 4 is 5.82 Å². The Hall–Kier alpha value is -1.36. The van der Waals surface area contributed by atoms with Gasteiger partial charge in [-0.3, -0.25) is 4.98 Å². The van der Waals surface area contributed by atoms with Crippen LogP contribution in [0.15, 0.2) is 12.4 Å². The molecule has 5 heteroatoms. The number of aliphatic hydroxyl groups excluding tert-OH is 1. The van der Waals surface area contributed by atoms with Crippen LogP contribution in [0.5, 0.6) is 5.88 Å². The molecule has 0 saturated carbocycles. The highest BCUT2D eigenvalue weighted by Gasteiger charge is 2.05. The van der Waals surface area contributed by atoms with E-state index in [0.29, 0.717) is 11.7 Å². The molecule has 1 aromatic heterocycles. The van der Waals surface area contributed by atoms with Crippen molar-refractivity contribution in [2.45, 2.75) is 45.8 Å². The predicted molar refractivity (Wildman–Crippen MR) is 67.2 cm³/mol. The van der Waals surface area contributed by atoms with Gasteiger partial charge in [0, 0.05) is 12.6 Å². The van der Waals surface area contributed by atoms with Gasteiger partial charge in [0.05, 0.1) is 18.5 Å². The Morgan fingerprint density at radius 1 is 1.35 bits per heavy atom. The van der Waals surface area contributed by atoms with E-state index in [1.807, 2.05) is 20.8 Å². The fourth-order valence-electron chi connectivity index (χ4n) is 1.44. The first-order chi connectivity index (χ1) is 8.11. The molecule has 0 saturated heterocycles. The lowest BCUT2D eigenvalue weighted by Gasteiger charge is -2.14. The molecule has 1 unspecified atom stereocenters. The minimum atomic E-state index is 0.0892. The maximum atomic E-state index is 8.75. The summed E-state index contributed by atoms with van der Waals surface area (Å²) in [7, 11) is 0. The molecule has 0 aliphatic heterocycles. The molecule has 0 radical (unpaired) electrons. The van der Waals surface area contributed by atoms with E-state index in [4.69, 9.17) is 9.84 Å². The molecule has 1 heterocycles. The number of ether oxygens (including phenoxy) is 1. The molecule has 0 amide bonds. The third kappa shape index (κ3) is 5.49. The van der Waals surface area contributed by atoms with Gasteiger partial charge in [0.2, 0.25) is 5.88 Å². The van der Waals surface area contributed by atoms with Crippen molar-refractivity contribution in [3.63, 3.8) is 0 Å². The summed E-state index contributed by atoms with van der Waals surface area (Å²) in [5.41, 5.74) is 0. The van der Waals surface area contributed by atoms with Gasteiger partial charge in [0.25, 0.3) is 0 Å². The highest BCUT2D eigenvalue weighted by Crippen LogP contribution is 2.12. The van der Waals surface area contributed by atoms with E-state index in [2.05, 4.69) is 15.3 Å². The molecule has 96 valence electrons. The number of hydrogen-bond donors (Lipinski definition) is 2. The van der Waals surface area contributed by atoms with E-state index in [1.54, 1.807) is 12.4 Å². The van der Waals surface area contributed by atoms with Gasteiger partial charge in [-0.25, -0.2) is 0 Å². The molecule has 5 nitrogen and oxygen atoms in total. The Morgan fingerprint density at radius 3 is 2.76 bits per heavy atom. The Bertz CT molecular complexity index is 331. The first-order valence-corrected chi connectivity index (χ1v) is 5.98. The zero-order chi connectivity index (χ0) is 12.7. The van der Waals surface area contributed by atoms with Gasteiger partial charge in [-0.1, -0.05) is 0 Å². The number of aliphatic hydroxyl groups is 1. The zero-order valence-corrected chi connectivity index (χ0v) is 10.7. The van der Waals surface area contributed by atoms with Gasteiger partial charge >= 0.3 is 0 Å². The smallest absolute Gasteiger partial charge is 0.234 e. The van der Waals surface area contributed by atoms with Gasteiger partial charge in [0.15, 0.2) is 0 Å². The highest BCUT2D eigenvalue weighted by atomic mass is 16.5. The molecule has 0 aliphatic carbocycles. The fourth-order valence-corrected chi connectivity index (χ4v) is 1.44. The molecule has 17 heavy (non-hydrogen) atoms. The SMILES string of the molecule is CC(CCCO)Nc1cncc(OC(C)C)n1. The third-order valence-corrected chi connectivity index (χ3v) is 2.16. The lowest BCUT2D eigenvalue weighted by atomic mass is 10.2. The van der Waals surface area contributed by atoms with Crippen molar-refractivity contribution in [2.24, 2.45) is 0 Å². The standard InChI is InChI=1S/C12H21N3O2/c1-9(2)17-12-8-13-7-11(15-12)14-10(3)5-4-6-16/h7-10,16H,4-6H2,1-3H3,(H,14,15). The van der Waals surface area contributed by atoms with E-state index in [9.17, 15) is 0 Å². The second-order valence-electron chi connectivity index (χ2n) is 4.32. The van der Waals surface area contributed by atoms with Crippen LogP contribution in [0.3, 0.4) is 0 Å². The summed E-state index contributed by atoms with van der Waals surface area (Å²) in [6.07, 6.45) is 5.04. The quantitative estimate of drug-likeness (QED) is 0.760. The maximum absolute atomic E-state index is 8.75. The van der Waals surface area contributed by atoms with Crippen molar-refractivity contribution < 1.29 is 9.84 Å². The average Bonchev–Trinajstić information content (AvgIpc) is 2.26. The van der Waals surface area contributed by atoms with Crippen LogP contribution in [0.1, 0.15) is 33.6 Å². The lowest BCUT2D eigenvalue weighted by Crippen LogP contribution is -2.17.